The van der Waals surface area contributed by atoms with E-state index in [-0.39, 0.29) is 6.54 Å². The molecule has 0 atom stereocenters. The molecule has 206 valence electrons. The number of hydrogen-bond acceptors (Lipinski definition) is 4. The first-order chi connectivity index (χ1) is 18.1. The molecule has 1 N–H and O–H groups in total. The minimum Gasteiger partial charge on any atom is -0.496 e. The van der Waals surface area contributed by atoms with Crippen molar-refractivity contribution in [2.24, 2.45) is 9.98 Å². The lowest BCUT2D eigenvalue weighted by atomic mass is 10.0. The maximum atomic E-state index is 13.4. The molecular formula is C28H35ClF3N5O. The van der Waals surface area contributed by atoms with Gasteiger partial charge in [0.1, 0.15) is 17.3 Å². The van der Waals surface area contributed by atoms with E-state index in [2.05, 4.69) is 22.3 Å². The van der Waals surface area contributed by atoms with Gasteiger partial charge in [-0.1, -0.05) is 56.5 Å². The predicted molar refractivity (Wildman–Crippen MR) is 150 cm³/mol. The van der Waals surface area contributed by atoms with Crippen LogP contribution in [0.5, 0.6) is 5.75 Å². The Balaban J connectivity index is 2.49. The Morgan fingerprint density at radius 1 is 1.21 bits per heavy atom. The molecule has 0 fully saturated rings. The molecule has 10 heteroatoms. The number of aromatic nitrogens is 2. The van der Waals surface area contributed by atoms with E-state index in [4.69, 9.17) is 21.3 Å². The van der Waals surface area contributed by atoms with Crippen LogP contribution in [0, 0.1) is 6.92 Å². The van der Waals surface area contributed by atoms with Gasteiger partial charge in [0.25, 0.3) is 0 Å². The van der Waals surface area contributed by atoms with Crippen molar-refractivity contribution in [3.05, 3.63) is 76.4 Å². The highest BCUT2D eigenvalue weighted by atomic mass is 35.5. The second-order valence-electron chi connectivity index (χ2n) is 8.42. The lowest BCUT2D eigenvalue weighted by molar-refractivity contribution is -0.0925. The van der Waals surface area contributed by atoms with E-state index >= 15 is 0 Å². The van der Waals surface area contributed by atoms with Gasteiger partial charge in [-0.25, -0.2) is 4.68 Å². The molecule has 6 nitrogen and oxygen atoms in total. The summed E-state index contributed by atoms with van der Waals surface area (Å²) in [5, 5.41) is 8.01. The Kier molecular flexibility index (Phi) is 12.3. The van der Waals surface area contributed by atoms with E-state index in [1.54, 1.807) is 31.0 Å². The van der Waals surface area contributed by atoms with E-state index in [1.165, 1.54) is 12.4 Å². The SMILES string of the molecule is C\C=C(/C=N/C(=C/CCC)C(F)(F)F)CN=C(N/C=C/CCC)c1cc(-n2cc(Cl)cn2)cc(OC)c1C. The first-order valence-electron chi connectivity index (χ1n) is 12.5. The van der Waals surface area contributed by atoms with E-state index in [9.17, 15) is 13.2 Å². The van der Waals surface area contributed by atoms with Gasteiger partial charge in [0.15, 0.2) is 0 Å². The third-order valence-corrected chi connectivity index (χ3v) is 5.70. The third-order valence-electron chi connectivity index (χ3n) is 5.51. The fourth-order valence-corrected chi connectivity index (χ4v) is 3.49. The lowest BCUT2D eigenvalue weighted by Gasteiger charge is -2.16. The van der Waals surface area contributed by atoms with Crippen molar-refractivity contribution in [1.29, 1.82) is 0 Å². The molecule has 38 heavy (non-hydrogen) atoms. The zero-order valence-corrected chi connectivity index (χ0v) is 23.2. The summed E-state index contributed by atoms with van der Waals surface area (Å²) < 4.78 is 47.3. The fourth-order valence-electron chi connectivity index (χ4n) is 3.35. The van der Waals surface area contributed by atoms with Gasteiger partial charge in [0, 0.05) is 29.6 Å². The van der Waals surface area contributed by atoms with Crippen LogP contribution >= 0.6 is 11.6 Å². The minimum absolute atomic E-state index is 0.114. The van der Waals surface area contributed by atoms with Gasteiger partial charge in [-0.15, -0.1) is 0 Å². The maximum absolute atomic E-state index is 13.4. The second-order valence-corrected chi connectivity index (χ2v) is 8.86. The number of nitrogens with zero attached hydrogens (tertiary/aromatic N) is 4. The number of alkyl halides is 3. The van der Waals surface area contributed by atoms with Crippen LogP contribution in [0.25, 0.3) is 5.69 Å². The van der Waals surface area contributed by atoms with E-state index in [1.807, 2.05) is 38.3 Å². The van der Waals surface area contributed by atoms with Gasteiger partial charge < -0.3 is 10.1 Å². The van der Waals surface area contributed by atoms with Crippen LogP contribution in [-0.2, 0) is 0 Å². The summed E-state index contributed by atoms with van der Waals surface area (Å²) in [6.45, 7) is 7.66. The van der Waals surface area contributed by atoms with Crippen molar-refractivity contribution in [1.82, 2.24) is 15.1 Å². The van der Waals surface area contributed by atoms with Gasteiger partial charge in [-0.05, 0) is 44.5 Å². The Bertz CT molecular complexity index is 1210. The average Bonchev–Trinajstić information content (AvgIpc) is 3.32. The molecule has 0 unspecified atom stereocenters. The monoisotopic (exact) mass is 549 g/mol. The molecule has 0 bridgehead atoms. The van der Waals surface area contributed by atoms with Crippen LogP contribution in [0.1, 0.15) is 57.6 Å². The Hall–Kier alpha value is -3.33. The van der Waals surface area contributed by atoms with Crippen molar-refractivity contribution in [2.45, 2.75) is 59.6 Å². The first-order valence-corrected chi connectivity index (χ1v) is 12.8. The van der Waals surface area contributed by atoms with E-state index in [0.29, 0.717) is 40.7 Å². The summed E-state index contributed by atoms with van der Waals surface area (Å²) in [4.78, 5) is 8.46. The van der Waals surface area contributed by atoms with Gasteiger partial charge >= 0.3 is 6.18 Å². The lowest BCUT2D eigenvalue weighted by Crippen LogP contribution is -2.21. The number of methoxy groups -OCH3 is 1. The van der Waals surface area contributed by atoms with Crippen molar-refractivity contribution in [3.8, 4) is 11.4 Å². The summed E-state index contributed by atoms with van der Waals surface area (Å²) in [5.74, 6) is 1.15. The number of ether oxygens (including phenoxy) is 1. The molecule has 2 rings (SSSR count). The highest BCUT2D eigenvalue weighted by molar-refractivity contribution is 6.30. The molecule has 1 aromatic heterocycles. The molecule has 1 heterocycles. The zero-order chi connectivity index (χ0) is 28.1. The molecule has 0 aliphatic heterocycles. The second kappa shape index (κ2) is 15.2. The number of unbranched alkanes of at least 4 members (excludes halogenated alkanes) is 2. The average molecular weight is 550 g/mol. The Morgan fingerprint density at radius 3 is 2.53 bits per heavy atom. The van der Waals surface area contributed by atoms with Crippen LogP contribution in [0.3, 0.4) is 0 Å². The van der Waals surface area contributed by atoms with Crippen LogP contribution in [0.15, 0.2) is 70.2 Å². The Morgan fingerprint density at radius 2 is 1.95 bits per heavy atom. The summed E-state index contributed by atoms with van der Waals surface area (Å²) >= 11 is 6.07. The number of halogens is 4. The van der Waals surface area contributed by atoms with E-state index < -0.39 is 11.9 Å². The number of allylic oxidation sites excluding steroid dienone is 4. The molecule has 0 saturated carbocycles. The number of amidine groups is 1. The smallest absolute Gasteiger partial charge is 0.433 e. The predicted octanol–water partition coefficient (Wildman–Crippen LogP) is 7.76. The van der Waals surface area contributed by atoms with Gasteiger partial charge in [0.05, 0.1) is 30.6 Å². The fraction of sp³-hybridized carbons (Fsp3) is 0.393. The number of benzene rings is 1. The van der Waals surface area contributed by atoms with E-state index in [0.717, 1.165) is 30.0 Å². The highest BCUT2D eigenvalue weighted by Crippen LogP contribution is 2.28. The number of nitrogens with one attached hydrogen (secondary N) is 1. The van der Waals surface area contributed by atoms with Crippen LogP contribution < -0.4 is 10.1 Å². The molecule has 1 aromatic carbocycles. The third kappa shape index (κ3) is 9.20. The number of rotatable bonds is 12. The van der Waals surface area contributed by atoms with Crippen LogP contribution in [0.4, 0.5) is 13.2 Å². The molecular weight excluding hydrogens is 515 g/mol. The van der Waals surface area contributed by atoms with Crippen molar-refractivity contribution in [3.63, 3.8) is 0 Å². The summed E-state index contributed by atoms with van der Waals surface area (Å²) in [6, 6.07) is 3.75. The van der Waals surface area contributed by atoms with Gasteiger partial charge in [-0.3, -0.25) is 9.98 Å². The number of hydrogen-bond donors (Lipinski definition) is 1. The summed E-state index contributed by atoms with van der Waals surface area (Å²) in [7, 11) is 1.58. The zero-order valence-electron chi connectivity index (χ0n) is 22.4. The van der Waals surface area contributed by atoms with Crippen molar-refractivity contribution >= 4 is 23.7 Å². The molecule has 0 aliphatic carbocycles. The Labute approximate surface area is 227 Å². The topological polar surface area (TPSA) is 63.8 Å². The molecule has 2 aromatic rings. The quantitative estimate of drug-likeness (QED) is 0.217. The minimum atomic E-state index is -4.52. The first kappa shape index (κ1) is 30.9. The van der Waals surface area contributed by atoms with Crippen molar-refractivity contribution in [2.75, 3.05) is 13.7 Å². The molecule has 0 radical (unpaired) electrons. The maximum Gasteiger partial charge on any atom is 0.433 e. The van der Waals surface area contributed by atoms with Crippen molar-refractivity contribution < 1.29 is 17.9 Å². The summed E-state index contributed by atoms with van der Waals surface area (Å²) in [6.07, 6.45) is 9.29. The standard InChI is InChI=1S/C28H35ClF3N5O/c1-6-9-11-13-33-27(35-17-21(8-3)16-34-26(12-10-7-2)28(30,31)32)24-14-23(15-25(38-5)20(24)4)37-19-22(29)18-36-37/h8,11-16,18-19H,6-7,9-10,17H2,1-5H3,(H,33,35)/b13-11+,21-8+,26-12+,34-16+. The van der Waals surface area contributed by atoms with Crippen LogP contribution in [-0.4, -0.2) is 41.7 Å². The molecule has 0 spiro atoms. The molecule has 0 amide bonds. The van der Waals surface area contributed by atoms with Gasteiger partial charge in [0.2, 0.25) is 0 Å². The van der Waals surface area contributed by atoms with Crippen LogP contribution in [0.2, 0.25) is 5.02 Å². The van der Waals surface area contributed by atoms with Gasteiger partial charge in [-0.2, -0.15) is 18.3 Å². The highest BCUT2D eigenvalue weighted by Gasteiger charge is 2.33. The summed E-state index contributed by atoms with van der Waals surface area (Å²) in [5.41, 5.74) is 1.92. The molecule has 0 saturated heterocycles. The molecule has 0 aliphatic rings. The number of aliphatic imine (C=N–C) groups is 2. The normalized spacial score (nSPS) is 13.7. The largest absolute Gasteiger partial charge is 0.496 e.